The van der Waals surface area contributed by atoms with Crippen LogP contribution in [0.25, 0.3) is 0 Å². The largest absolute Gasteiger partial charge is 0.329 e. The third-order valence-electron chi connectivity index (χ3n) is 4.88. The van der Waals surface area contributed by atoms with E-state index in [0.717, 1.165) is 0 Å². The SMILES string of the molecule is O=C(N(C1CCCCC1)C1CCCCC1)n1ccnc1. The van der Waals surface area contributed by atoms with Crippen molar-refractivity contribution in [2.45, 2.75) is 76.3 Å². The smallest absolute Gasteiger partial charge is 0.318 e. The fraction of sp³-hybridized carbons (Fsp3) is 0.750. The van der Waals surface area contributed by atoms with Crippen molar-refractivity contribution in [2.24, 2.45) is 0 Å². The summed E-state index contributed by atoms with van der Waals surface area (Å²) in [7, 11) is 0. The number of nitrogens with zero attached hydrogens (tertiary/aromatic N) is 3. The molecule has 1 aromatic rings. The third-order valence-corrected chi connectivity index (χ3v) is 4.88. The zero-order valence-corrected chi connectivity index (χ0v) is 12.2. The van der Waals surface area contributed by atoms with E-state index >= 15 is 0 Å². The van der Waals surface area contributed by atoms with Crippen LogP contribution in [0.4, 0.5) is 4.79 Å². The van der Waals surface area contributed by atoms with E-state index in [-0.39, 0.29) is 6.03 Å². The second-order valence-electron chi connectivity index (χ2n) is 6.24. The highest BCUT2D eigenvalue weighted by molar-refractivity contribution is 5.77. The highest BCUT2D eigenvalue weighted by atomic mass is 16.2. The topological polar surface area (TPSA) is 38.1 Å². The Morgan fingerprint density at radius 1 is 0.950 bits per heavy atom. The van der Waals surface area contributed by atoms with Gasteiger partial charge >= 0.3 is 6.03 Å². The Bertz CT molecular complexity index is 399. The van der Waals surface area contributed by atoms with E-state index in [1.165, 1.54) is 64.2 Å². The minimum Gasteiger partial charge on any atom is -0.318 e. The van der Waals surface area contributed by atoms with Crippen molar-refractivity contribution in [1.82, 2.24) is 14.5 Å². The van der Waals surface area contributed by atoms with E-state index in [9.17, 15) is 4.79 Å². The molecule has 3 rings (SSSR count). The first-order chi connectivity index (χ1) is 9.86. The van der Waals surface area contributed by atoms with E-state index in [0.29, 0.717) is 12.1 Å². The van der Waals surface area contributed by atoms with Crippen molar-refractivity contribution < 1.29 is 4.79 Å². The molecule has 2 aliphatic carbocycles. The van der Waals surface area contributed by atoms with Crippen molar-refractivity contribution in [2.75, 3.05) is 0 Å². The maximum absolute atomic E-state index is 12.9. The van der Waals surface area contributed by atoms with Gasteiger partial charge in [-0.25, -0.2) is 9.78 Å². The van der Waals surface area contributed by atoms with Crippen LogP contribution in [-0.2, 0) is 0 Å². The molecule has 0 spiro atoms. The number of aromatic nitrogens is 2. The summed E-state index contributed by atoms with van der Waals surface area (Å²) >= 11 is 0. The van der Waals surface area contributed by atoms with Gasteiger partial charge < -0.3 is 4.90 Å². The van der Waals surface area contributed by atoms with Gasteiger partial charge in [-0.1, -0.05) is 38.5 Å². The summed E-state index contributed by atoms with van der Waals surface area (Å²) in [5.41, 5.74) is 0. The predicted octanol–water partition coefficient (Wildman–Crippen LogP) is 3.82. The highest BCUT2D eigenvalue weighted by Crippen LogP contribution is 2.30. The number of hydrogen-bond acceptors (Lipinski definition) is 2. The predicted molar refractivity (Wildman–Crippen MR) is 78.6 cm³/mol. The number of hydrogen-bond donors (Lipinski definition) is 0. The summed E-state index contributed by atoms with van der Waals surface area (Å²) < 4.78 is 1.66. The zero-order valence-electron chi connectivity index (χ0n) is 12.2. The molecule has 0 aliphatic heterocycles. The summed E-state index contributed by atoms with van der Waals surface area (Å²) in [6.45, 7) is 0. The number of imidazole rings is 1. The van der Waals surface area contributed by atoms with Crippen LogP contribution in [0.3, 0.4) is 0 Å². The molecule has 0 bridgehead atoms. The van der Waals surface area contributed by atoms with Gasteiger partial charge in [0.2, 0.25) is 0 Å². The molecule has 4 nitrogen and oxygen atoms in total. The van der Waals surface area contributed by atoms with Crippen LogP contribution in [0.1, 0.15) is 64.2 Å². The lowest BCUT2D eigenvalue weighted by molar-refractivity contribution is 0.106. The average molecular weight is 275 g/mol. The molecule has 0 radical (unpaired) electrons. The Kier molecular flexibility index (Phi) is 4.38. The Morgan fingerprint density at radius 2 is 1.50 bits per heavy atom. The maximum Gasteiger partial charge on any atom is 0.329 e. The van der Waals surface area contributed by atoms with Crippen LogP contribution in [-0.4, -0.2) is 32.6 Å². The fourth-order valence-corrected chi connectivity index (χ4v) is 3.83. The lowest BCUT2D eigenvalue weighted by Crippen LogP contribution is -2.50. The molecule has 2 fully saturated rings. The summed E-state index contributed by atoms with van der Waals surface area (Å²) in [6.07, 6.45) is 17.6. The quantitative estimate of drug-likeness (QED) is 0.823. The van der Waals surface area contributed by atoms with Gasteiger partial charge in [-0.2, -0.15) is 0 Å². The Hall–Kier alpha value is -1.32. The Morgan fingerprint density at radius 3 is 1.95 bits per heavy atom. The molecular weight excluding hydrogens is 250 g/mol. The number of carbonyl (C=O) groups excluding carboxylic acids is 1. The molecule has 1 heterocycles. The minimum absolute atomic E-state index is 0.140. The number of carbonyl (C=O) groups is 1. The van der Waals surface area contributed by atoms with Crippen LogP contribution in [0.15, 0.2) is 18.7 Å². The molecule has 0 saturated heterocycles. The molecule has 2 saturated carbocycles. The van der Waals surface area contributed by atoms with Crippen molar-refractivity contribution in [3.8, 4) is 0 Å². The van der Waals surface area contributed by atoms with Gasteiger partial charge in [-0.3, -0.25) is 4.57 Å². The molecule has 0 unspecified atom stereocenters. The average Bonchev–Trinajstić information content (AvgIpc) is 3.04. The lowest BCUT2D eigenvalue weighted by Gasteiger charge is -2.41. The first-order valence-corrected chi connectivity index (χ1v) is 8.17. The van der Waals surface area contributed by atoms with Gasteiger partial charge in [0, 0.05) is 24.5 Å². The Balaban J connectivity index is 1.79. The molecule has 4 heteroatoms. The summed E-state index contributed by atoms with van der Waals surface area (Å²) in [4.78, 5) is 19.1. The highest BCUT2D eigenvalue weighted by Gasteiger charge is 2.32. The van der Waals surface area contributed by atoms with Crippen LogP contribution in [0.2, 0.25) is 0 Å². The van der Waals surface area contributed by atoms with Gasteiger partial charge in [0.1, 0.15) is 6.33 Å². The second-order valence-corrected chi connectivity index (χ2v) is 6.24. The van der Waals surface area contributed by atoms with Crippen LogP contribution in [0, 0.1) is 0 Å². The van der Waals surface area contributed by atoms with Gasteiger partial charge in [0.15, 0.2) is 0 Å². The van der Waals surface area contributed by atoms with E-state index < -0.39 is 0 Å². The first kappa shape index (κ1) is 13.7. The zero-order chi connectivity index (χ0) is 13.8. The lowest BCUT2D eigenvalue weighted by atomic mass is 9.89. The van der Waals surface area contributed by atoms with Gasteiger partial charge in [0.05, 0.1) is 0 Å². The van der Waals surface area contributed by atoms with Crippen molar-refractivity contribution in [3.05, 3.63) is 18.7 Å². The van der Waals surface area contributed by atoms with Crippen LogP contribution >= 0.6 is 0 Å². The Labute approximate surface area is 121 Å². The van der Waals surface area contributed by atoms with Crippen LogP contribution in [0.5, 0.6) is 0 Å². The van der Waals surface area contributed by atoms with Crippen molar-refractivity contribution in [1.29, 1.82) is 0 Å². The molecule has 20 heavy (non-hydrogen) atoms. The monoisotopic (exact) mass is 275 g/mol. The van der Waals surface area contributed by atoms with Gasteiger partial charge in [-0.05, 0) is 25.7 Å². The van der Waals surface area contributed by atoms with Crippen molar-refractivity contribution >= 4 is 6.03 Å². The normalized spacial score (nSPS) is 21.8. The summed E-state index contributed by atoms with van der Waals surface area (Å²) in [5.74, 6) is 0. The maximum atomic E-state index is 12.9. The molecule has 2 aliphatic rings. The molecule has 110 valence electrons. The molecule has 1 amide bonds. The molecule has 1 aromatic heterocycles. The molecule has 0 atom stereocenters. The second kappa shape index (κ2) is 6.42. The van der Waals surface area contributed by atoms with Crippen LogP contribution < -0.4 is 0 Å². The van der Waals surface area contributed by atoms with E-state index in [4.69, 9.17) is 0 Å². The molecule has 0 aromatic carbocycles. The molecule has 0 N–H and O–H groups in total. The number of rotatable bonds is 2. The number of amides is 1. The molecular formula is C16H25N3O. The van der Waals surface area contributed by atoms with E-state index in [1.54, 1.807) is 23.3 Å². The standard InChI is InChI=1S/C16H25N3O/c20-16(18-12-11-17-13-18)19(14-7-3-1-4-8-14)15-9-5-2-6-10-15/h11-15H,1-10H2. The van der Waals surface area contributed by atoms with Crippen molar-refractivity contribution in [3.63, 3.8) is 0 Å². The summed E-state index contributed by atoms with van der Waals surface area (Å²) in [5, 5.41) is 0. The van der Waals surface area contributed by atoms with E-state index in [1.807, 2.05) is 0 Å². The third kappa shape index (κ3) is 2.89. The van der Waals surface area contributed by atoms with E-state index in [2.05, 4.69) is 9.88 Å². The van der Waals surface area contributed by atoms with Gasteiger partial charge in [0.25, 0.3) is 0 Å². The fourth-order valence-electron chi connectivity index (χ4n) is 3.83. The van der Waals surface area contributed by atoms with Gasteiger partial charge in [-0.15, -0.1) is 0 Å². The minimum atomic E-state index is 0.140. The summed E-state index contributed by atoms with van der Waals surface area (Å²) in [6, 6.07) is 1.03. The first-order valence-electron chi connectivity index (χ1n) is 8.17.